The second-order valence-electron chi connectivity index (χ2n) is 5.58. The Hall–Kier alpha value is -1.09. The lowest BCUT2D eigenvalue weighted by Crippen LogP contribution is -2.32. The van der Waals surface area contributed by atoms with Gasteiger partial charge >= 0.3 is 0 Å². The number of hydrogen-bond acceptors (Lipinski definition) is 2. The Morgan fingerprint density at radius 1 is 1.42 bits per heavy atom. The minimum absolute atomic E-state index is 0.0162. The number of pyridine rings is 1. The molecule has 1 aromatic rings. The predicted molar refractivity (Wildman–Crippen MR) is 77.3 cm³/mol. The van der Waals surface area contributed by atoms with E-state index in [0.29, 0.717) is 16.5 Å². The van der Waals surface area contributed by atoms with Gasteiger partial charge in [-0.1, -0.05) is 25.4 Å². The monoisotopic (exact) mass is 280 g/mol. The maximum Gasteiger partial charge on any atom is 0.256 e. The van der Waals surface area contributed by atoms with E-state index in [1.165, 1.54) is 6.42 Å². The Morgan fingerprint density at radius 3 is 2.89 bits per heavy atom. The second kappa shape index (κ2) is 6.38. The highest BCUT2D eigenvalue weighted by Crippen LogP contribution is 2.26. The average Bonchev–Trinajstić information content (AvgIpc) is 2.64. The molecule has 1 aromatic heterocycles. The summed E-state index contributed by atoms with van der Waals surface area (Å²) in [5.41, 5.74) is 0.521. The van der Waals surface area contributed by atoms with Crippen molar-refractivity contribution in [2.75, 3.05) is 13.1 Å². The molecule has 0 spiro atoms. The van der Waals surface area contributed by atoms with Crippen molar-refractivity contribution in [2.45, 2.75) is 33.1 Å². The summed E-state index contributed by atoms with van der Waals surface area (Å²) in [5, 5.41) is 0.490. The minimum atomic E-state index is 0.0162. The van der Waals surface area contributed by atoms with Crippen molar-refractivity contribution >= 4 is 17.5 Å². The van der Waals surface area contributed by atoms with Crippen LogP contribution in [-0.2, 0) is 0 Å². The first-order valence-corrected chi connectivity index (χ1v) is 7.36. The van der Waals surface area contributed by atoms with Crippen molar-refractivity contribution in [3.63, 3.8) is 0 Å². The molecule has 1 fully saturated rings. The van der Waals surface area contributed by atoms with Crippen LogP contribution >= 0.6 is 11.6 Å². The molecule has 1 aliphatic heterocycles. The molecule has 4 heteroatoms. The van der Waals surface area contributed by atoms with E-state index < -0.39 is 0 Å². The summed E-state index contributed by atoms with van der Waals surface area (Å²) >= 11 is 6.07. The third-order valence-electron chi connectivity index (χ3n) is 4.00. The van der Waals surface area contributed by atoms with Crippen LogP contribution in [0.25, 0.3) is 0 Å². The number of halogens is 1. The molecule has 1 aliphatic rings. The number of hydrogen-bond donors (Lipinski definition) is 0. The van der Waals surface area contributed by atoms with Crippen LogP contribution in [0.4, 0.5) is 0 Å². The van der Waals surface area contributed by atoms with Crippen LogP contribution in [0.3, 0.4) is 0 Å². The van der Waals surface area contributed by atoms with Crippen molar-refractivity contribution in [3.05, 3.63) is 29.0 Å². The largest absolute Gasteiger partial charge is 0.339 e. The van der Waals surface area contributed by atoms with Gasteiger partial charge in [0.1, 0.15) is 0 Å². The maximum atomic E-state index is 12.5. The summed E-state index contributed by atoms with van der Waals surface area (Å²) < 4.78 is 0. The molecule has 2 heterocycles. The van der Waals surface area contributed by atoms with E-state index in [9.17, 15) is 4.79 Å². The molecule has 0 saturated carbocycles. The molecule has 0 bridgehead atoms. The van der Waals surface area contributed by atoms with Crippen LogP contribution in [0.2, 0.25) is 5.02 Å². The first-order chi connectivity index (χ1) is 9.09. The lowest BCUT2D eigenvalue weighted by molar-refractivity contribution is 0.0758. The van der Waals surface area contributed by atoms with Crippen LogP contribution in [0, 0.1) is 11.8 Å². The van der Waals surface area contributed by atoms with Crippen LogP contribution < -0.4 is 0 Å². The molecule has 0 aliphatic carbocycles. The summed E-state index contributed by atoms with van der Waals surface area (Å²) in [6.45, 7) is 6.18. The molecule has 0 N–H and O–H groups in total. The zero-order chi connectivity index (χ0) is 13.8. The molecule has 1 unspecified atom stereocenters. The lowest BCUT2D eigenvalue weighted by Gasteiger charge is -2.22. The van der Waals surface area contributed by atoms with Gasteiger partial charge in [0, 0.05) is 25.5 Å². The highest BCUT2D eigenvalue weighted by atomic mass is 35.5. The molecular formula is C15H21ClN2O. The molecule has 104 valence electrons. The number of likely N-dealkylation sites (tertiary alicyclic amines) is 1. The fourth-order valence-corrected chi connectivity index (χ4v) is 2.88. The van der Waals surface area contributed by atoms with E-state index >= 15 is 0 Å². The third kappa shape index (κ3) is 3.47. The van der Waals surface area contributed by atoms with Crippen molar-refractivity contribution in [1.29, 1.82) is 0 Å². The third-order valence-corrected chi connectivity index (χ3v) is 4.33. The van der Waals surface area contributed by atoms with Crippen molar-refractivity contribution in [3.8, 4) is 0 Å². The summed E-state index contributed by atoms with van der Waals surface area (Å²) in [4.78, 5) is 18.4. The number of rotatable bonds is 2. The van der Waals surface area contributed by atoms with Crippen LogP contribution in [0.5, 0.6) is 0 Å². The molecule has 0 aromatic carbocycles. The van der Waals surface area contributed by atoms with Gasteiger partial charge in [-0.15, -0.1) is 0 Å². The average molecular weight is 281 g/mol. The molecule has 1 saturated heterocycles. The first kappa shape index (κ1) is 14.3. The number of amides is 1. The first-order valence-electron chi connectivity index (χ1n) is 6.98. The number of carbonyl (C=O) groups is 1. The Bertz CT molecular complexity index is 448. The molecule has 1 amide bonds. The smallest absolute Gasteiger partial charge is 0.256 e. The highest BCUT2D eigenvalue weighted by molar-refractivity contribution is 6.33. The summed E-state index contributed by atoms with van der Waals surface area (Å²) in [6, 6.07) is 1.67. The second-order valence-corrected chi connectivity index (χ2v) is 5.99. The Kier molecular flexibility index (Phi) is 4.81. The van der Waals surface area contributed by atoms with Crippen LogP contribution in [0.1, 0.15) is 43.5 Å². The van der Waals surface area contributed by atoms with Gasteiger partial charge in [-0.2, -0.15) is 0 Å². The van der Waals surface area contributed by atoms with Crippen molar-refractivity contribution in [2.24, 2.45) is 11.8 Å². The van der Waals surface area contributed by atoms with Gasteiger partial charge in [0.2, 0.25) is 0 Å². The Balaban J connectivity index is 2.06. The van der Waals surface area contributed by atoms with Gasteiger partial charge in [-0.25, -0.2) is 0 Å². The van der Waals surface area contributed by atoms with Crippen molar-refractivity contribution in [1.82, 2.24) is 9.88 Å². The van der Waals surface area contributed by atoms with E-state index in [0.717, 1.165) is 31.8 Å². The summed E-state index contributed by atoms with van der Waals surface area (Å²) in [7, 11) is 0. The molecule has 1 atom stereocenters. The summed E-state index contributed by atoms with van der Waals surface area (Å²) in [6.07, 6.45) is 6.54. The van der Waals surface area contributed by atoms with Gasteiger partial charge in [0.15, 0.2) is 0 Å². The lowest BCUT2D eigenvalue weighted by atomic mass is 9.89. The minimum Gasteiger partial charge on any atom is -0.339 e. The highest BCUT2D eigenvalue weighted by Gasteiger charge is 2.24. The van der Waals surface area contributed by atoms with Gasteiger partial charge in [0.05, 0.1) is 10.6 Å². The van der Waals surface area contributed by atoms with Crippen LogP contribution in [0.15, 0.2) is 18.5 Å². The fraction of sp³-hybridized carbons (Fsp3) is 0.600. The number of carbonyl (C=O) groups excluding carboxylic acids is 1. The number of aromatic nitrogens is 1. The van der Waals surface area contributed by atoms with Crippen molar-refractivity contribution < 1.29 is 4.79 Å². The number of nitrogens with zero attached hydrogens (tertiary/aromatic N) is 2. The fourth-order valence-electron chi connectivity index (χ4n) is 2.70. The zero-order valence-corrected chi connectivity index (χ0v) is 12.4. The predicted octanol–water partition coefficient (Wildman–Crippen LogP) is 3.63. The SMILES string of the molecule is CC(C)C1CCCN(C(=O)c2cnccc2Cl)CC1. The molecule has 0 radical (unpaired) electrons. The van der Waals surface area contributed by atoms with E-state index in [2.05, 4.69) is 18.8 Å². The quantitative estimate of drug-likeness (QED) is 0.829. The zero-order valence-electron chi connectivity index (χ0n) is 11.6. The topological polar surface area (TPSA) is 33.2 Å². The van der Waals surface area contributed by atoms with Gasteiger partial charge in [0.25, 0.3) is 5.91 Å². The van der Waals surface area contributed by atoms with Gasteiger partial charge < -0.3 is 4.90 Å². The van der Waals surface area contributed by atoms with E-state index in [1.54, 1.807) is 18.5 Å². The standard InChI is InChI=1S/C15H21ClN2O/c1-11(2)12-4-3-8-18(9-6-12)15(19)13-10-17-7-5-14(13)16/h5,7,10-12H,3-4,6,8-9H2,1-2H3. The van der Waals surface area contributed by atoms with Gasteiger partial charge in [-0.05, 0) is 37.2 Å². The normalized spacial score (nSPS) is 20.4. The molecule has 2 rings (SSSR count). The summed E-state index contributed by atoms with van der Waals surface area (Å²) in [5.74, 6) is 1.43. The Labute approximate surface area is 120 Å². The van der Waals surface area contributed by atoms with E-state index in [-0.39, 0.29) is 5.91 Å². The van der Waals surface area contributed by atoms with E-state index in [4.69, 9.17) is 11.6 Å². The van der Waals surface area contributed by atoms with Crippen LogP contribution in [-0.4, -0.2) is 28.9 Å². The molecule has 19 heavy (non-hydrogen) atoms. The molecular weight excluding hydrogens is 260 g/mol. The van der Waals surface area contributed by atoms with E-state index in [1.807, 2.05) is 4.90 Å². The maximum absolute atomic E-state index is 12.5. The molecule has 3 nitrogen and oxygen atoms in total. The van der Waals surface area contributed by atoms with Gasteiger partial charge in [-0.3, -0.25) is 9.78 Å². The Morgan fingerprint density at radius 2 is 2.21 bits per heavy atom.